The van der Waals surface area contributed by atoms with Crippen LogP contribution in [-0.4, -0.2) is 17.1 Å². The molecule has 1 aromatic heterocycles. The van der Waals surface area contributed by atoms with Gasteiger partial charge in [-0.2, -0.15) is 0 Å². The van der Waals surface area contributed by atoms with Crippen molar-refractivity contribution in [3.05, 3.63) is 39.1 Å². The van der Waals surface area contributed by atoms with E-state index in [2.05, 4.69) is 32.9 Å². The zero-order chi connectivity index (χ0) is 13.1. The molecule has 2 aromatic rings. The molecule has 1 heterocycles. The number of aromatic nitrogens is 1. The lowest BCUT2D eigenvalue weighted by Crippen LogP contribution is -2.11. The van der Waals surface area contributed by atoms with Gasteiger partial charge in [-0.1, -0.05) is 17.4 Å². The molecule has 0 fully saturated rings. The summed E-state index contributed by atoms with van der Waals surface area (Å²) in [6.45, 7) is 1.95. The molecule has 0 aliphatic rings. The van der Waals surface area contributed by atoms with E-state index in [1.807, 2.05) is 31.4 Å². The Morgan fingerprint density at radius 3 is 2.89 bits per heavy atom. The average Bonchev–Trinajstić information content (AvgIpc) is 2.69. The first-order chi connectivity index (χ1) is 8.60. The third-order valence-electron chi connectivity index (χ3n) is 2.25. The summed E-state index contributed by atoms with van der Waals surface area (Å²) >= 11 is 5.34. The van der Waals surface area contributed by atoms with Crippen molar-refractivity contribution < 1.29 is 4.79 Å². The van der Waals surface area contributed by atoms with E-state index in [0.717, 1.165) is 13.5 Å². The summed E-state index contributed by atoms with van der Waals surface area (Å²) in [5, 5.41) is 3.49. The predicted molar refractivity (Wildman–Crippen MR) is 85.7 cm³/mol. The molecule has 3 nitrogen and oxygen atoms in total. The highest BCUT2D eigenvalue weighted by molar-refractivity contribution is 14.1. The van der Waals surface area contributed by atoms with Crippen LogP contribution < -0.4 is 5.32 Å². The normalized spacial score (nSPS) is 10.4. The smallest absolute Gasteiger partial charge is 0.257 e. The molecule has 18 heavy (non-hydrogen) atoms. The van der Waals surface area contributed by atoms with Crippen molar-refractivity contribution in [2.24, 2.45) is 0 Å². The molecule has 0 unspecified atom stereocenters. The van der Waals surface area contributed by atoms with Gasteiger partial charge in [0.2, 0.25) is 0 Å². The number of thiazole rings is 1. The maximum absolute atomic E-state index is 12.0. The SMILES string of the molecule is CSc1sc(NC(=O)c2cccc(I)c2)nc1C. The van der Waals surface area contributed by atoms with Crippen molar-refractivity contribution in [3.8, 4) is 0 Å². The monoisotopic (exact) mass is 390 g/mol. The zero-order valence-corrected chi connectivity index (χ0v) is 13.6. The van der Waals surface area contributed by atoms with Crippen molar-refractivity contribution in [1.29, 1.82) is 0 Å². The van der Waals surface area contributed by atoms with Crippen LogP contribution in [0.2, 0.25) is 0 Å². The fraction of sp³-hybridized carbons (Fsp3) is 0.167. The number of benzene rings is 1. The standard InChI is InChI=1S/C12H11IN2OS2/c1-7-11(17-2)18-12(14-7)15-10(16)8-4-3-5-9(13)6-8/h3-6H,1-2H3,(H,14,15,16). The third-order valence-corrected chi connectivity index (χ3v) is 5.20. The number of aryl methyl sites for hydroxylation is 1. The second kappa shape index (κ2) is 6.03. The molecule has 6 heteroatoms. The van der Waals surface area contributed by atoms with E-state index in [1.165, 1.54) is 11.3 Å². The number of hydrogen-bond donors (Lipinski definition) is 1. The van der Waals surface area contributed by atoms with E-state index in [0.29, 0.717) is 10.7 Å². The summed E-state index contributed by atoms with van der Waals surface area (Å²) in [5.41, 5.74) is 1.62. The number of amides is 1. The maximum Gasteiger partial charge on any atom is 0.257 e. The summed E-state index contributed by atoms with van der Waals surface area (Å²) in [6.07, 6.45) is 2.01. The first-order valence-corrected chi connectivity index (χ1v) is 8.30. The first kappa shape index (κ1) is 13.8. The van der Waals surface area contributed by atoms with Gasteiger partial charge in [0.1, 0.15) is 0 Å². The largest absolute Gasteiger partial charge is 0.298 e. The third kappa shape index (κ3) is 3.24. The summed E-state index contributed by atoms with van der Waals surface area (Å²) in [7, 11) is 0. The molecule has 94 valence electrons. The number of carbonyl (C=O) groups is 1. The first-order valence-electron chi connectivity index (χ1n) is 5.18. The van der Waals surface area contributed by atoms with E-state index in [9.17, 15) is 4.79 Å². The Labute approximate surface area is 128 Å². The lowest BCUT2D eigenvalue weighted by molar-refractivity contribution is 0.102. The van der Waals surface area contributed by atoms with Gasteiger partial charge in [0, 0.05) is 9.13 Å². The molecular formula is C12H11IN2OS2. The highest BCUT2D eigenvalue weighted by Crippen LogP contribution is 2.30. The Morgan fingerprint density at radius 1 is 1.50 bits per heavy atom. The average molecular weight is 390 g/mol. The van der Waals surface area contributed by atoms with E-state index >= 15 is 0 Å². The van der Waals surface area contributed by atoms with Crippen molar-refractivity contribution in [3.63, 3.8) is 0 Å². The molecule has 0 spiro atoms. The molecule has 0 aliphatic heterocycles. The van der Waals surface area contributed by atoms with Crippen molar-refractivity contribution >= 4 is 56.7 Å². The summed E-state index contributed by atoms with van der Waals surface area (Å²) in [5.74, 6) is -0.116. The maximum atomic E-state index is 12.0. The fourth-order valence-corrected chi connectivity index (χ4v) is 3.57. The minimum Gasteiger partial charge on any atom is -0.298 e. The topological polar surface area (TPSA) is 42.0 Å². The number of halogens is 1. The summed E-state index contributed by atoms with van der Waals surface area (Å²) in [4.78, 5) is 16.4. The highest BCUT2D eigenvalue weighted by atomic mass is 127. The van der Waals surface area contributed by atoms with Gasteiger partial charge < -0.3 is 0 Å². The van der Waals surface area contributed by atoms with E-state index in [1.54, 1.807) is 17.8 Å². The molecule has 1 N–H and O–H groups in total. The van der Waals surface area contributed by atoms with Crippen LogP contribution >= 0.6 is 45.7 Å². The molecule has 0 saturated carbocycles. The molecule has 2 rings (SSSR count). The minimum absolute atomic E-state index is 0.116. The predicted octanol–water partition coefficient (Wildman–Crippen LogP) is 4.03. The Kier molecular flexibility index (Phi) is 4.63. The van der Waals surface area contributed by atoms with E-state index < -0.39 is 0 Å². The van der Waals surface area contributed by atoms with Crippen molar-refractivity contribution in [2.45, 2.75) is 11.1 Å². The van der Waals surface area contributed by atoms with Crippen LogP contribution in [0.5, 0.6) is 0 Å². The Balaban J connectivity index is 2.16. The molecule has 0 atom stereocenters. The van der Waals surface area contributed by atoms with Gasteiger partial charge in [-0.25, -0.2) is 4.98 Å². The zero-order valence-electron chi connectivity index (χ0n) is 9.86. The van der Waals surface area contributed by atoms with Gasteiger partial charge >= 0.3 is 0 Å². The van der Waals surface area contributed by atoms with Crippen LogP contribution in [0, 0.1) is 10.5 Å². The quantitative estimate of drug-likeness (QED) is 0.636. The van der Waals surface area contributed by atoms with Gasteiger partial charge in [-0.3, -0.25) is 10.1 Å². The molecule has 1 amide bonds. The van der Waals surface area contributed by atoms with Gasteiger partial charge in [-0.15, -0.1) is 11.8 Å². The van der Waals surface area contributed by atoms with Crippen LogP contribution in [-0.2, 0) is 0 Å². The van der Waals surface area contributed by atoms with Crippen molar-refractivity contribution in [1.82, 2.24) is 4.98 Å². The Hall–Kier alpha value is -0.600. The second-order valence-corrected chi connectivity index (χ2v) is 6.88. The fourth-order valence-electron chi connectivity index (χ4n) is 1.42. The number of hydrogen-bond acceptors (Lipinski definition) is 4. The van der Waals surface area contributed by atoms with Crippen LogP contribution in [0.3, 0.4) is 0 Å². The second-order valence-electron chi connectivity index (χ2n) is 3.56. The molecule has 0 aliphatic carbocycles. The van der Waals surface area contributed by atoms with Gasteiger partial charge in [0.15, 0.2) is 5.13 Å². The summed E-state index contributed by atoms with van der Waals surface area (Å²) in [6, 6.07) is 7.48. The number of anilines is 1. The molecular weight excluding hydrogens is 379 g/mol. The Morgan fingerprint density at radius 2 is 2.28 bits per heavy atom. The highest BCUT2D eigenvalue weighted by Gasteiger charge is 2.11. The molecule has 0 radical (unpaired) electrons. The van der Waals surface area contributed by atoms with Gasteiger partial charge in [0.25, 0.3) is 5.91 Å². The van der Waals surface area contributed by atoms with E-state index in [-0.39, 0.29) is 5.91 Å². The minimum atomic E-state index is -0.116. The van der Waals surface area contributed by atoms with Crippen molar-refractivity contribution in [2.75, 3.05) is 11.6 Å². The summed E-state index contributed by atoms with van der Waals surface area (Å²) < 4.78 is 2.17. The van der Waals surface area contributed by atoms with Crippen LogP contribution in [0.25, 0.3) is 0 Å². The van der Waals surface area contributed by atoms with Crippen LogP contribution in [0.1, 0.15) is 16.1 Å². The van der Waals surface area contributed by atoms with Crippen LogP contribution in [0.4, 0.5) is 5.13 Å². The number of nitrogens with one attached hydrogen (secondary N) is 1. The number of nitrogens with zero attached hydrogens (tertiary/aromatic N) is 1. The number of carbonyl (C=O) groups excluding carboxylic acids is 1. The van der Waals surface area contributed by atoms with E-state index in [4.69, 9.17) is 0 Å². The molecule has 0 saturated heterocycles. The Bertz CT molecular complexity index is 583. The van der Waals surface area contributed by atoms with Crippen LogP contribution in [0.15, 0.2) is 28.5 Å². The van der Waals surface area contributed by atoms with Gasteiger partial charge in [-0.05, 0) is 54.0 Å². The number of rotatable bonds is 3. The molecule has 1 aromatic carbocycles. The van der Waals surface area contributed by atoms with Gasteiger partial charge in [0.05, 0.1) is 9.90 Å². The molecule has 0 bridgehead atoms. The number of thioether (sulfide) groups is 1. The lowest BCUT2D eigenvalue weighted by Gasteiger charge is -2.01. The lowest BCUT2D eigenvalue weighted by atomic mass is 10.2.